The molecule has 8 heteroatoms. The number of benzene rings is 2. The Kier molecular flexibility index (Phi) is 6.60. The SMILES string of the molecule is Cc1ccc(S(=O)(=O)c2ccc(C(=O)Nc3ccc(C(=O)OCC(C)C)cc3)o2)cc1. The number of hydrogen-bond acceptors (Lipinski definition) is 6. The van der Waals surface area contributed by atoms with Gasteiger partial charge in [0.15, 0.2) is 5.76 Å². The zero-order chi connectivity index (χ0) is 22.6. The molecule has 0 radical (unpaired) electrons. The molecule has 2 aromatic carbocycles. The van der Waals surface area contributed by atoms with E-state index in [1.165, 1.54) is 36.4 Å². The number of rotatable bonds is 7. The first-order valence-electron chi connectivity index (χ1n) is 9.67. The van der Waals surface area contributed by atoms with Gasteiger partial charge < -0.3 is 14.5 Å². The molecule has 3 aromatic rings. The summed E-state index contributed by atoms with van der Waals surface area (Å²) in [7, 11) is -3.87. The van der Waals surface area contributed by atoms with Crippen molar-refractivity contribution in [3.05, 3.63) is 77.6 Å². The van der Waals surface area contributed by atoms with E-state index in [1.807, 2.05) is 20.8 Å². The number of sulfone groups is 1. The summed E-state index contributed by atoms with van der Waals surface area (Å²) in [6.45, 7) is 6.06. The third kappa shape index (κ3) is 5.40. The van der Waals surface area contributed by atoms with E-state index in [-0.39, 0.29) is 21.7 Å². The number of nitrogens with one attached hydrogen (secondary N) is 1. The van der Waals surface area contributed by atoms with E-state index in [9.17, 15) is 18.0 Å². The fourth-order valence-corrected chi connectivity index (χ4v) is 3.80. The fraction of sp³-hybridized carbons (Fsp3) is 0.217. The number of furan rings is 1. The van der Waals surface area contributed by atoms with Crippen LogP contribution in [0.5, 0.6) is 0 Å². The summed E-state index contributed by atoms with van der Waals surface area (Å²) < 4.78 is 35.8. The number of carbonyl (C=O) groups is 2. The van der Waals surface area contributed by atoms with Gasteiger partial charge in [0.05, 0.1) is 17.1 Å². The largest absolute Gasteiger partial charge is 0.462 e. The van der Waals surface area contributed by atoms with E-state index in [2.05, 4.69) is 5.32 Å². The third-order valence-corrected chi connectivity index (χ3v) is 5.97. The van der Waals surface area contributed by atoms with Gasteiger partial charge in [-0.1, -0.05) is 31.5 Å². The number of hydrogen-bond donors (Lipinski definition) is 1. The Morgan fingerprint density at radius 3 is 2.23 bits per heavy atom. The quantitative estimate of drug-likeness (QED) is 0.542. The van der Waals surface area contributed by atoms with Crippen LogP contribution in [0.15, 0.2) is 75.1 Å². The van der Waals surface area contributed by atoms with Crippen LogP contribution in [0.2, 0.25) is 0 Å². The van der Waals surface area contributed by atoms with Gasteiger partial charge in [0.1, 0.15) is 0 Å². The molecule has 1 heterocycles. The van der Waals surface area contributed by atoms with Crippen LogP contribution in [0.4, 0.5) is 5.69 Å². The molecule has 31 heavy (non-hydrogen) atoms. The van der Waals surface area contributed by atoms with Gasteiger partial charge >= 0.3 is 5.97 Å². The van der Waals surface area contributed by atoms with Crippen LogP contribution in [0.3, 0.4) is 0 Å². The predicted octanol–water partition coefficient (Wildman–Crippen LogP) is 4.49. The molecule has 0 atom stereocenters. The van der Waals surface area contributed by atoms with E-state index in [1.54, 1.807) is 24.3 Å². The zero-order valence-electron chi connectivity index (χ0n) is 17.4. The Morgan fingerprint density at radius 1 is 0.968 bits per heavy atom. The second kappa shape index (κ2) is 9.18. The van der Waals surface area contributed by atoms with Crippen molar-refractivity contribution in [2.24, 2.45) is 5.92 Å². The molecule has 0 bridgehead atoms. The van der Waals surface area contributed by atoms with Crippen LogP contribution in [-0.2, 0) is 14.6 Å². The van der Waals surface area contributed by atoms with Gasteiger partial charge in [-0.25, -0.2) is 13.2 Å². The first-order chi connectivity index (χ1) is 14.7. The number of carbonyl (C=O) groups excluding carboxylic acids is 2. The summed E-state index contributed by atoms with van der Waals surface area (Å²) >= 11 is 0. The predicted molar refractivity (Wildman–Crippen MR) is 115 cm³/mol. The molecule has 162 valence electrons. The lowest BCUT2D eigenvalue weighted by Gasteiger charge is -2.08. The minimum Gasteiger partial charge on any atom is -0.462 e. The smallest absolute Gasteiger partial charge is 0.338 e. The Labute approximate surface area is 181 Å². The molecule has 0 aliphatic rings. The van der Waals surface area contributed by atoms with Gasteiger partial charge in [0.25, 0.3) is 5.91 Å². The topological polar surface area (TPSA) is 103 Å². The van der Waals surface area contributed by atoms with Gasteiger partial charge in [-0.2, -0.15) is 0 Å². The van der Waals surface area contributed by atoms with Crippen molar-refractivity contribution in [3.63, 3.8) is 0 Å². The maximum absolute atomic E-state index is 12.7. The van der Waals surface area contributed by atoms with Crippen LogP contribution < -0.4 is 5.32 Å². The maximum atomic E-state index is 12.7. The molecule has 0 spiro atoms. The van der Waals surface area contributed by atoms with Gasteiger partial charge in [-0.15, -0.1) is 0 Å². The number of amides is 1. The highest BCUT2D eigenvalue weighted by atomic mass is 32.2. The van der Waals surface area contributed by atoms with Crippen molar-refractivity contribution in [3.8, 4) is 0 Å². The Bertz CT molecular complexity index is 1180. The van der Waals surface area contributed by atoms with E-state index < -0.39 is 21.7 Å². The minimum absolute atomic E-state index is 0.0827. The molecular weight excluding hydrogens is 418 g/mol. The molecule has 3 rings (SSSR count). The highest BCUT2D eigenvalue weighted by molar-refractivity contribution is 7.91. The van der Waals surface area contributed by atoms with Gasteiger partial charge in [-0.3, -0.25) is 4.79 Å². The average molecular weight is 442 g/mol. The molecule has 1 aromatic heterocycles. The Morgan fingerprint density at radius 2 is 1.61 bits per heavy atom. The number of esters is 1. The molecular formula is C23H23NO6S. The maximum Gasteiger partial charge on any atom is 0.338 e. The van der Waals surface area contributed by atoms with E-state index in [0.717, 1.165) is 5.56 Å². The van der Waals surface area contributed by atoms with Crippen molar-refractivity contribution in [2.45, 2.75) is 30.8 Å². The summed E-state index contributed by atoms with van der Waals surface area (Å²) in [6, 6.07) is 15.1. The first kappa shape index (κ1) is 22.3. The highest BCUT2D eigenvalue weighted by Crippen LogP contribution is 2.24. The molecule has 0 fully saturated rings. The summed E-state index contributed by atoms with van der Waals surface area (Å²) in [5, 5.41) is 2.29. The third-order valence-electron chi connectivity index (χ3n) is 4.33. The number of aryl methyl sites for hydroxylation is 1. The Balaban J connectivity index is 1.68. The zero-order valence-corrected chi connectivity index (χ0v) is 18.2. The summed E-state index contributed by atoms with van der Waals surface area (Å²) in [5.41, 5.74) is 1.71. The number of anilines is 1. The molecule has 0 saturated carbocycles. The average Bonchev–Trinajstić information content (AvgIpc) is 3.24. The monoisotopic (exact) mass is 441 g/mol. The van der Waals surface area contributed by atoms with Crippen molar-refractivity contribution in [2.75, 3.05) is 11.9 Å². The van der Waals surface area contributed by atoms with Crippen LogP contribution in [-0.4, -0.2) is 26.9 Å². The van der Waals surface area contributed by atoms with E-state index in [4.69, 9.17) is 9.15 Å². The van der Waals surface area contributed by atoms with Crippen molar-refractivity contribution in [1.29, 1.82) is 0 Å². The van der Waals surface area contributed by atoms with Crippen LogP contribution in [0.25, 0.3) is 0 Å². The lowest BCUT2D eigenvalue weighted by atomic mass is 10.2. The molecule has 0 aliphatic carbocycles. The molecule has 1 amide bonds. The lowest BCUT2D eigenvalue weighted by molar-refractivity contribution is 0.0459. The molecule has 0 saturated heterocycles. The van der Waals surface area contributed by atoms with E-state index >= 15 is 0 Å². The second-order valence-corrected chi connectivity index (χ2v) is 9.34. The first-order valence-corrected chi connectivity index (χ1v) is 11.2. The molecule has 7 nitrogen and oxygen atoms in total. The highest BCUT2D eigenvalue weighted by Gasteiger charge is 2.23. The Hall–Kier alpha value is -3.39. The molecule has 0 unspecified atom stereocenters. The van der Waals surface area contributed by atoms with Crippen molar-refractivity contribution < 1.29 is 27.2 Å². The summed E-state index contributed by atoms with van der Waals surface area (Å²) in [5.74, 6) is -0.967. The molecule has 1 N–H and O–H groups in total. The van der Waals surface area contributed by atoms with E-state index in [0.29, 0.717) is 17.9 Å². The molecule has 0 aliphatic heterocycles. The van der Waals surface area contributed by atoms with Crippen LogP contribution in [0, 0.1) is 12.8 Å². The van der Waals surface area contributed by atoms with Crippen molar-refractivity contribution >= 4 is 27.4 Å². The standard InChI is InChI=1S/C23H23NO6S/c1-15(2)14-29-23(26)17-6-8-18(9-7-17)24-22(25)20-12-13-21(30-20)31(27,28)19-10-4-16(3)5-11-19/h4-13,15H,14H2,1-3H3,(H,24,25). The minimum atomic E-state index is -3.87. The number of ether oxygens (including phenoxy) is 1. The second-order valence-electron chi connectivity index (χ2n) is 7.46. The van der Waals surface area contributed by atoms with Gasteiger partial charge in [0, 0.05) is 5.69 Å². The van der Waals surface area contributed by atoms with Gasteiger partial charge in [0.2, 0.25) is 14.9 Å². The normalized spacial score (nSPS) is 11.4. The van der Waals surface area contributed by atoms with Crippen LogP contribution in [0.1, 0.15) is 40.3 Å². The fourth-order valence-electron chi connectivity index (χ4n) is 2.63. The summed E-state index contributed by atoms with van der Waals surface area (Å²) in [6.07, 6.45) is 0. The van der Waals surface area contributed by atoms with Crippen molar-refractivity contribution in [1.82, 2.24) is 0 Å². The van der Waals surface area contributed by atoms with Gasteiger partial charge in [-0.05, 0) is 61.4 Å². The lowest BCUT2D eigenvalue weighted by Crippen LogP contribution is -2.12. The van der Waals surface area contributed by atoms with Crippen LogP contribution >= 0.6 is 0 Å². The summed E-state index contributed by atoms with van der Waals surface area (Å²) in [4.78, 5) is 24.5.